The van der Waals surface area contributed by atoms with Crippen LogP contribution in [0, 0.1) is 18.3 Å². The van der Waals surface area contributed by atoms with Crippen LogP contribution in [0.1, 0.15) is 16.8 Å². The highest BCUT2D eigenvalue weighted by molar-refractivity contribution is 5.82. The number of nitrogens with zero attached hydrogens (tertiary/aromatic N) is 3. The van der Waals surface area contributed by atoms with Crippen LogP contribution in [0.4, 0.5) is 5.69 Å². The number of nitriles is 1. The van der Waals surface area contributed by atoms with Crippen molar-refractivity contribution in [3.63, 3.8) is 0 Å². The Balaban J connectivity index is 1.84. The zero-order valence-electron chi connectivity index (χ0n) is 12.3. The van der Waals surface area contributed by atoms with Crippen LogP contribution in [0.3, 0.4) is 0 Å². The number of aliphatic imine (C=N–C) groups is 1. The Morgan fingerprint density at radius 2 is 1.77 bits per heavy atom. The quantitative estimate of drug-likeness (QED) is 0.657. The summed E-state index contributed by atoms with van der Waals surface area (Å²) in [6, 6.07) is 21.6. The third-order valence-corrected chi connectivity index (χ3v) is 3.43. The van der Waals surface area contributed by atoms with Crippen molar-refractivity contribution in [1.29, 1.82) is 5.26 Å². The Labute approximate surface area is 129 Å². The summed E-state index contributed by atoms with van der Waals surface area (Å²) in [5.74, 6) is 0. The van der Waals surface area contributed by atoms with Gasteiger partial charge in [0.25, 0.3) is 0 Å². The number of aromatic nitrogens is 1. The van der Waals surface area contributed by atoms with Crippen LogP contribution in [-0.4, -0.2) is 10.8 Å². The molecule has 0 saturated heterocycles. The van der Waals surface area contributed by atoms with Gasteiger partial charge in [-0.2, -0.15) is 5.26 Å². The summed E-state index contributed by atoms with van der Waals surface area (Å²) in [4.78, 5) is 4.45. The van der Waals surface area contributed by atoms with E-state index in [0.717, 1.165) is 22.6 Å². The first-order valence-electron chi connectivity index (χ1n) is 7.05. The van der Waals surface area contributed by atoms with Gasteiger partial charge in [-0.3, -0.25) is 4.99 Å². The standard InChI is InChI=1S/C19H15N3/c1-15-11-17(14-22(15)19-5-3-2-4-6-19)13-21-18-9-7-16(12-20)8-10-18/h2-11,13-14H,1H3. The summed E-state index contributed by atoms with van der Waals surface area (Å²) in [6.07, 6.45) is 3.91. The molecule has 0 spiro atoms. The summed E-state index contributed by atoms with van der Waals surface area (Å²) in [7, 11) is 0. The molecule has 106 valence electrons. The molecule has 0 unspecified atom stereocenters. The molecule has 0 saturated carbocycles. The third-order valence-electron chi connectivity index (χ3n) is 3.43. The Hall–Kier alpha value is -3.12. The van der Waals surface area contributed by atoms with E-state index < -0.39 is 0 Å². The van der Waals surface area contributed by atoms with Crippen LogP contribution in [0.25, 0.3) is 5.69 Å². The van der Waals surface area contributed by atoms with Crippen LogP contribution < -0.4 is 0 Å². The van der Waals surface area contributed by atoms with E-state index in [1.807, 2.05) is 36.5 Å². The van der Waals surface area contributed by atoms with Gasteiger partial charge in [-0.05, 0) is 49.4 Å². The normalized spacial score (nSPS) is 10.7. The SMILES string of the molecule is Cc1cc(C=Nc2ccc(C#N)cc2)cn1-c1ccccc1. The smallest absolute Gasteiger partial charge is 0.0991 e. The van der Waals surface area contributed by atoms with Crippen LogP contribution in [0.5, 0.6) is 0 Å². The van der Waals surface area contributed by atoms with E-state index in [1.165, 1.54) is 0 Å². The molecule has 3 nitrogen and oxygen atoms in total. The monoisotopic (exact) mass is 285 g/mol. The number of benzene rings is 2. The van der Waals surface area contributed by atoms with Crippen molar-refractivity contribution in [2.24, 2.45) is 4.99 Å². The first kappa shape index (κ1) is 13.8. The van der Waals surface area contributed by atoms with Crippen molar-refractivity contribution in [1.82, 2.24) is 4.57 Å². The molecule has 3 rings (SSSR count). The van der Waals surface area contributed by atoms with Crippen molar-refractivity contribution in [3.05, 3.63) is 83.7 Å². The lowest BCUT2D eigenvalue weighted by Gasteiger charge is -2.04. The predicted molar refractivity (Wildman–Crippen MR) is 88.9 cm³/mol. The molecule has 0 radical (unpaired) electrons. The van der Waals surface area contributed by atoms with E-state index in [1.54, 1.807) is 12.1 Å². The number of rotatable bonds is 3. The number of hydrogen-bond donors (Lipinski definition) is 0. The molecule has 0 aliphatic heterocycles. The maximum atomic E-state index is 8.79. The average Bonchev–Trinajstić information content (AvgIpc) is 2.95. The van der Waals surface area contributed by atoms with Crippen LogP contribution in [0.15, 0.2) is 71.9 Å². The summed E-state index contributed by atoms with van der Waals surface area (Å²) < 4.78 is 2.14. The second kappa shape index (κ2) is 6.11. The molecular weight excluding hydrogens is 270 g/mol. The van der Waals surface area contributed by atoms with Crippen LogP contribution in [-0.2, 0) is 0 Å². The Morgan fingerprint density at radius 1 is 1.05 bits per heavy atom. The van der Waals surface area contributed by atoms with Gasteiger partial charge in [0, 0.05) is 29.4 Å². The van der Waals surface area contributed by atoms with E-state index >= 15 is 0 Å². The molecule has 3 heteroatoms. The maximum absolute atomic E-state index is 8.79. The van der Waals surface area contributed by atoms with E-state index in [0.29, 0.717) is 5.56 Å². The summed E-state index contributed by atoms with van der Waals surface area (Å²) in [6.45, 7) is 2.08. The molecule has 0 N–H and O–H groups in total. The molecule has 2 aromatic carbocycles. The van der Waals surface area contributed by atoms with Crippen LogP contribution >= 0.6 is 0 Å². The lowest BCUT2D eigenvalue weighted by atomic mass is 10.2. The molecule has 1 aromatic heterocycles. The molecule has 0 aliphatic rings. The topological polar surface area (TPSA) is 41.1 Å². The van der Waals surface area contributed by atoms with Gasteiger partial charge in [-0.1, -0.05) is 18.2 Å². The molecule has 0 amide bonds. The largest absolute Gasteiger partial charge is 0.321 e. The van der Waals surface area contributed by atoms with Crippen molar-refractivity contribution >= 4 is 11.9 Å². The van der Waals surface area contributed by atoms with Gasteiger partial charge in [0.2, 0.25) is 0 Å². The van der Waals surface area contributed by atoms with Crippen LogP contribution in [0.2, 0.25) is 0 Å². The predicted octanol–water partition coefficient (Wildman–Crippen LogP) is 4.41. The molecule has 0 atom stereocenters. The van der Waals surface area contributed by atoms with Crippen molar-refractivity contribution < 1.29 is 0 Å². The van der Waals surface area contributed by atoms with Gasteiger partial charge in [0.15, 0.2) is 0 Å². The molecule has 0 fully saturated rings. The number of aryl methyl sites for hydroxylation is 1. The summed E-state index contributed by atoms with van der Waals surface area (Å²) in [5.41, 5.74) is 4.82. The van der Waals surface area contributed by atoms with E-state index in [-0.39, 0.29) is 0 Å². The lowest BCUT2D eigenvalue weighted by molar-refractivity contribution is 1.02. The van der Waals surface area contributed by atoms with Gasteiger partial charge in [-0.15, -0.1) is 0 Å². The second-order valence-corrected chi connectivity index (χ2v) is 5.04. The second-order valence-electron chi connectivity index (χ2n) is 5.04. The van der Waals surface area contributed by atoms with E-state index in [4.69, 9.17) is 5.26 Å². The number of hydrogen-bond acceptors (Lipinski definition) is 2. The van der Waals surface area contributed by atoms with Gasteiger partial charge in [0.1, 0.15) is 0 Å². The fraction of sp³-hybridized carbons (Fsp3) is 0.0526. The Kier molecular flexibility index (Phi) is 3.84. The van der Waals surface area contributed by atoms with Crippen molar-refractivity contribution in [2.45, 2.75) is 6.92 Å². The van der Waals surface area contributed by atoms with Crippen molar-refractivity contribution in [3.8, 4) is 11.8 Å². The average molecular weight is 285 g/mol. The number of para-hydroxylation sites is 1. The highest BCUT2D eigenvalue weighted by atomic mass is 15.0. The fourth-order valence-electron chi connectivity index (χ4n) is 2.31. The minimum atomic E-state index is 0.644. The van der Waals surface area contributed by atoms with Gasteiger partial charge in [-0.25, -0.2) is 0 Å². The first-order chi connectivity index (χ1) is 10.8. The fourth-order valence-corrected chi connectivity index (χ4v) is 2.31. The highest BCUT2D eigenvalue weighted by Crippen LogP contribution is 2.16. The Morgan fingerprint density at radius 3 is 2.45 bits per heavy atom. The summed E-state index contributed by atoms with van der Waals surface area (Å²) >= 11 is 0. The molecule has 22 heavy (non-hydrogen) atoms. The molecule has 0 aliphatic carbocycles. The highest BCUT2D eigenvalue weighted by Gasteiger charge is 2.02. The molecule has 0 bridgehead atoms. The van der Waals surface area contributed by atoms with E-state index in [2.05, 4.69) is 46.9 Å². The van der Waals surface area contributed by atoms with E-state index in [9.17, 15) is 0 Å². The molecular formula is C19H15N3. The first-order valence-corrected chi connectivity index (χ1v) is 7.05. The third kappa shape index (κ3) is 2.97. The minimum Gasteiger partial charge on any atom is -0.321 e. The zero-order chi connectivity index (χ0) is 15.4. The van der Waals surface area contributed by atoms with Gasteiger partial charge in [0.05, 0.1) is 17.3 Å². The molecule has 1 heterocycles. The summed E-state index contributed by atoms with van der Waals surface area (Å²) in [5, 5.41) is 8.79. The Bertz CT molecular complexity index is 835. The maximum Gasteiger partial charge on any atom is 0.0991 e. The molecule has 3 aromatic rings. The van der Waals surface area contributed by atoms with Gasteiger partial charge >= 0.3 is 0 Å². The van der Waals surface area contributed by atoms with Gasteiger partial charge < -0.3 is 4.57 Å². The van der Waals surface area contributed by atoms with Crippen molar-refractivity contribution in [2.75, 3.05) is 0 Å². The lowest BCUT2D eigenvalue weighted by Crippen LogP contribution is -1.93. The zero-order valence-corrected chi connectivity index (χ0v) is 12.3. The minimum absolute atomic E-state index is 0.644.